The van der Waals surface area contributed by atoms with Crippen molar-refractivity contribution in [2.24, 2.45) is 0 Å². The minimum atomic E-state index is 0.312. The van der Waals surface area contributed by atoms with E-state index in [-0.39, 0.29) is 0 Å². The highest BCUT2D eigenvalue weighted by Gasteiger charge is 2.19. The standard InChI is InChI=1S/C15H19N3O2/c1-2-14-17-18-15(20-14)10-19-13-7-3-11(4-8-13)9-16-12-5-6-12/h3-4,7-8,12,16H,2,5-6,9-10H2,1H3. The quantitative estimate of drug-likeness (QED) is 0.839. The number of hydrogen-bond acceptors (Lipinski definition) is 5. The molecule has 0 spiro atoms. The maximum atomic E-state index is 5.63. The fourth-order valence-electron chi connectivity index (χ4n) is 1.89. The molecule has 0 amide bonds. The summed E-state index contributed by atoms with van der Waals surface area (Å²) in [5.41, 5.74) is 1.27. The Morgan fingerprint density at radius 3 is 2.60 bits per heavy atom. The van der Waals surface area contributed by atoms with E-state index in [1.54, 1.807) is 0 Å². The highest BCUT2D eigenvalue weighted by Crippen LogP contribution is 2.20. The van der Waals surface area contributed by atoms with Crippen LogP contribution in [0.3, 0.4) is 0 Å². The molecule has 0 atom stereocenters. The second kappa shape index (κ2) is 6.05. The zero-order chi connectivity index (χ0) is 13.8. The van der Waals surface area contributed by atoms with E-state index in [9.17, 15) is 0 Å². The summed E-state index contributed by atoms with van der Waals surface area (Å²) in [4.78, 5) is 0. The maximum absolute atomic E-state index is 5.63. The predicted molar refractivity (Wildman–Crippen MR) is 74.3 cm³/mol. The SMILES string of the molecule is CCc1nnc(COc2ccc(CNC3CC3)cc2)o1. The van der Waals surface area contributed by atoms with Gasteiger partial charge in [-0.2, -0.15) is 0 Å². The number of rotatable bonds is 7. The van der Waals surface area contributed by atoms with Crippen molar-refractivity contribution in [3.63, 3.8) is 0 Å². The molecule has 1 aromatic carbocycles. The van der Waals surface area contributed by atoms with Gasteiger partial charge in [0, 0.05) is 19.0 Å². The predicted octanol–water partition coefficient (Wildman–Crippen LogP) is 2.46. The smallest absolute Gasteiger partial charge is 0.253 e. The molecular formula is C15H19N3O2. The normalized spacial score (nSPS) is 14.4. The van der Waals surface area contributed by atoms with Crippen LogP contribution >= 0.6 is 0 Å². The molecule has 1 heterocycles. The van der Waals surface area contributed by atoms with Crippen molar-refractivity contribution in [3.8, 4) is 5.75 Å². The summed E-state index contributed by atoms with van der Waals surface area (Å²) in [7, 11) is 0. The maximum Gasteiger partial charge on any atom is 0.253 e. The van der Waals surface area contributed by atoms with Crippen LogP contribution in [0.4, 0.5) is 0 Å². The molecule has 1 aliphatic carbocycles. The molecule has 1 fully saturated rings. The summed E-state index contributed by atoms with van der Waals surface area (Å²) in [6, 6.07) is 8.84. The second-order valence-electron chi connectivity index (χ2n) is 5.03. The molecule has 106 valence electrons. The summed E-state index contributed by atoms with van der Waals surface area (Å²) >= 11 is 0. The van der Waals surface area contributed by atoms with Gasteiger partial charge < -0.3 is 14.5 Å². The van der Waals surface area contributed by atoms with Crippen LogP contribution in [0.2, 0.25) is 0 Å². The van der Waals surface area contributed by atoms with E-state index in [1.165, 1.54) is 18.4 Å². The Morgan fingerprint density at radius 2 is 1.95 bits per heavy atom. The Bertz CT molecular complexity index is 547. The molecule has 1 aromatic heterocycles. The fourth-order valence-corrected chi connectivity index (χ4v) is 1.89. The van der Waals surface area contributed by atoms with Crippen molar-refractivity contribution in [2.75, 3.05) is 0 Å². The van der Waals surface area contributed by atoms with Crippen molar-refractivity contribution < 1.29 is 9.15 Å². The summed E-state index contributed by atoms with van der Waals surface area (Å²) < 4.78 is 11.0. The number of nitrogens with one attached hydrogen (secondary N) is 1. The van der Waals surface area contributed by atoms with Gasteiger partial charge in [-0.25, -0.2) is 0 Å². The minimum absolute atomic E-state index is 0.312. The molecule has 5 nitrogen and oxygen atoms in total. The molecule has 0 bridgehead atoms. The third kappa shape index (κ3) is 3.57. The van der Waals surface area contributed by atoms with Crippen molar-refractivity contribution >= 4 is 0 Å². The van der Waals surface area contributed by atoms with E-state index in [0.717, 1.165) is 24.8 Å². The number of aromatic nitrogens is 2. The first-order valence-electron chi connectivity index (χ1n) is 7.10. The second-order valence-corrected chi connectivity index (χ2v) is 5.03. The van der Waals surface area contributed by atoms with Gasteiger partial charge in [0.15, 0.2) is 6.61 Å². The molecule has 1 N–H and O–H groups in total. The lowest BCUT2D eigenvalue weighted by Crippen LogP contribution is -2.15. The zero-order valence-corrected chi connectivity index (χ0v) is 11.6. The van der Waals surface area contributed by atoms with Gasteiger partial charge in [0.2, 0.25) is 5.89 Å². The van der Waals surface area contributed by atoms with E-state index in [0.29, 0.717) is 18.4 Å². The van der Waals surface area contributed by atoms with Crippen LogP contribution in [0.1, 0.15) is 37.1 Å². The van der Waals surface area contributed by atoms with Crippen molar-refractivity contribution in [1.29, 1.82) is 0 Å². The van der Waals surface area contributed by atoms with Crippen molar-refractivity contribution in [2.45, 2.75) is 45.4 Å². The molecule has 0 unspecified atom stereocenters. The van der Waals surface area contributed by atoms with Gasteiger partial charge in [0.05, 0.1) is 0 Å². The average molecular weight is 273 g/mol. The van der Waals surface area contributed by atoms with Crippen molar-refractivity contribution in [3.05, 3.63) is 41.6 Å². The summed E-state index contributed by atoms with van der Waals surface area (Å²) in [5, 5.41) is 11.3. The van der Waals surface area contributed by atoms with Gasteiger partial charge in [0.25, 0.3) is 5.89 Å². The van der Waals surface area contributed by atoms with Gasteiger partial charge in [-0.3, -0.25) is 0 Å². The first-order valence-corrected chi connectivity index (χ1v) is 7.10. The molecule has 0 radical (unpaired) electrons. The van der Waals surface area contributed by atoms with Gasteiger partial charge in [-0.15, -0.1) is 10.2 Å². The van der Waals surface area contributed by atoms with E-state index in [4.69, 9.17) is 9.15 Å². The molecule has 1 saturated carbocycles. The summed E-state index contributed by atoms with van der Waals surface area (Å²) in [6.45, 7) is 3.22. The molecule has 0 aliphatic heterocycles. The summed E-state index contributed by atoms with van der Waals surface area (Å²) in [5.74, 6) is 1.97. The van der Waals surface area contributed by atoms with Crippen LogP contribution in [0.25, 0.3) is 0 Å². The fraction of sp³-hybridized carbons (Fsp3) is 0.467. The molecular weight excluding hydrogens is 254 g/mol. The van der Waals surface area contributed by atoms with Gasteiger partial charge >= 0.3 is 0 Å². The number of nitrogens with zero attached hydrogens (tertiary/aromatic N) is 2. The van der Waals surface area contributed by atoms with Gasteiger partial charge in [0.1, 0.15) is 5.75 Å². The van der Waals surface area contributed by atoms with Gasteiger partial charge in [-0.05, 0) is 30.5 Å². The first kappa shape index (κ1) is 13.1. The number of hydrogen-bond donors (Lipinski definition) is 1. The lowest BCUT2D eigenvalue weighted by atomic mass is 10.2. The average Bonchev–Trinajstić information content (AvgIpc) is 3.21. The highest BCUT2D eigenvalue weighted by atomic mass is 16.5. The Hall–Kier alpha value is -1.88. The van der Waals surface area contributed by atoms with Crippen LogP contribution in [-0.4, -0.2) is 16.2 Å². The lowest BCUT2D eigenvalue weighted by Gasteiger charge is -2.06. The Balaban J connectivity index is 1.49. The van der Waals surface area contributed by atoms with Crippen LogP contribution in [0.5, 0.6) is 5.75 Å². The molecule has 0 saturated heterocycles. The molecule has 20 heavy (non-hydrogen) atoms. The van der Waals surface area contributed by atoms with E-state index >= 15 is 0 Å². The first-order chi connectivity index (χ1) is 9.83. The molecule has 3 rings (SSSR count). The molecule has 1 aliphatic rings. The largest absolute Gasteiger partial charge is 0.484 e. The van der Waals surface area contributed by atoms with Crippen molar-refractivity contribution in [1.82, 2.24) is 15.5 Å². The Labute approximate surface area is 118 Å². The molecule has 2 aromatic rings. The summed E-state index contributed by atoms with van der Waals surface area (Å²) in [6.07, 6.45) is 3.37. The topological polar surface area (TPSA) is 60.2 Å². The number of aryl methyl sites for hydroxylation is 1. The van der Waals surface area contributed by atoms with E-state index < -0.39 is 0 Å². The monoisotopic (exact) mass is 273 g/mol. The van der Waals surface area contributed by atoms with Gasteiger partial charge in [-0.1, -0.05) is 19.1 Å². The van der Waals surface area contributed by atoms with E-state index in [2.05, 4.69) is 27.6 Å². The lowest BCUT2D eigenvalue weighted by molar-refractivity contribution is 0.259. The third-order valence-corrected chi connectivity index (χ3v) is 3.27. The minimum Gasteiger partial charge on any atom is -0.484 e. The van der Waals surface area contributed by atoms with Crippen LogP contribution in [0.15, 0.2) is 28.7 Å². The Kier molecular flexibility index (Phi) is 3.97. The van der Waals surface area contributed by atoms with Crippen LogP contribution in [0, 0.1) is 0 Å². The van der Waals surface area contributed by atoms with E-state index in [1.807, 2.05) is 19.1 Å². The Morgan fingerprint density at radius 1 is 1.20 bits per heavy atom. The number of ether oxygens (including phenoxy) is 1. The number of benzene rings is 1. The van der Waals surface area contributed by atoms with Crippen LogP contribution in [-0.2, 0) is 19.6 Å². The van der Waals surface area contributed by atoms with Crippen LogP contribution < -0.4 is 10.1 Å². The highest BCUT2D eigenvalue weighted by molar-refractivity contribution is 5.27. The zero-order valence-electron chi connectivity index (χ0n) is 11.6. The molecule has 5 heteroatoms. The third-order valence-electron chi connectivity index (χ3n) is 3.27.